The Kier molecular flexibility index (Phi) is 7.63. The smallest absolute Gasteiger partial charge is 0.303 e. The maximum absolute atomic E-state index is 11.5. The third-order valence-corrected chi connectivity index (χ3v) is 3.92. The molecule has 25 heavy (non-hydrogen) atoms. The number of hydrogen-bond donors (Lipinski definition) is 0. The molecular weight excluding hydrogens is 428 g/mol. The van der Waals surface area contributed by atoms with Crippen LogP contribution in [0.15, 0.2) is 0 Å². The molecule has 11 heteroatoms. The van der Waals surface area contributed by atoms with E-state index in [0.717, 1.165) is 20.8 Å². The first-order valence-electron chi connectivity index (χ1n) is 7.14. The summed E-state index contributed by atoms with van der Waals surface area (Å²) in [5.74, 6) is -2.77. The quantitative estimate of drug-likeness (QED) is 0.347. The van der Waals surface area contributed by atoms with Gasteiger partial charge in [-0.2, -0.15) is 0 Å². The number of halogens is 2. The van der Waals surface area contributed by atoms with E-state index >= 15 is 0 Å². The van der Waals surface area contributed by atoms with Gasteiger partial charge in [0.25, 0.3) is 0 Å². The third kappa shape index (κ3) is 6.44. The van der Waals surface area contributed by atoms with Crippen LogP contribution >= 0.6 is 27.5 Å². The molecule has 9 nitrogen and oxygen atoms in total. The lowest BCUT2D eigenvalue weighted by Crippen LogP contribution is -2.64. The first kappa shape index (κ1) is 21.7. The van der Waals surface area contributed by atoms with Crippen molar-refractivity contribution in [2.24, 2.45) is 0 Å². The Morgan fingerprint density at radius 1 is 0.920 bits per heavy atom. The number of carbonyl (C=O) groups excluding carboxylic acids is 4. The van der Waals surface area contributed by atoms with Crippen LogP contribution in [0.3, 0.4) is 0 Å². The van der Waals surface area contributed by atoms with Crippen molar-refractivity contribution in [1.29, 1.82) is 0 Å². The molecule has 0 aromatic rings. The summed E-state index contributed by atoms with van der Waals surface area (Å²) < 4.78 is 24.0. The van der Waals surface area contributed by atoms with Crippen LogP contribution in [0, 0.1) is 0 Å². The van der Waals surface area contributed by atoms with Crippen LogP contribution in [0.25, 0.3) is 0 Å². The molecule has 1 rings (SSSR count). The largest absolute Gasteiger partial charge is 0.463 e. The van der Waals surface area contributed by atoms with E-state index in [4.69, 9.17) is 35.3 Å². The second kappa shape index (κ2) is 8.81. The number of carbonyl (C=O) groups is 4. The predicted octanol–water partition coefficient (Wildman–Crippen LogP) is 1.03. The highest BCUT2D eigenvalue weighted by Gasteiger charge is 2.58. The summed E-state index contributed by atoms with van der Waals surface area (Å²) in [6.07, 6.45) is -4.94. The molecule has 0 aromatic heterocycles. The summed E-state index contributed by atoms with van der Waals surface area (Å²) in [7, 11) is 0. The van der Waals surface area contributed by atoms with E-state index in [1.807, 2.05) is 0 Å². The van der Waals surface area contributed by atoms with Crippen molar-refractivity contribution in [1.82, 2.24) is 0 Å². The van der Waals surface area contributed by atoms with Gasteiger partial charge in [0, 0.05) is 27.7 Å². The summed E-state index contributed by atoms with van der Waals surface area (Å²) in [4.78, 5) is 45.4. The van der Waals surface area contributed by atoms with E-state index in [1.54, 1.807) is 0 Å². The van der Waals surface area contributed by atoms with Crippen molar-refractivity contribution in [2.75, 3.05) is 6.61 Å². The monoisotopic (exact) mass is 444 g/mol. The third-order valence-electron chi connectivity index (χ3n) is 2.98. The van der Waals surface area contributed by atoms with Crippen LogP contribution in [-0.4, -0.2) is 58.9 Å². The molecule has 0 aliphatic carbocycles. The van der Waals surface area contributed by atoms with Crippen molar-refractivity contribution in [3.05, 3.63) is 0 Å². The molecule has 0 bridgehead atoms. The Morgan fingerprint density at radius 3 is 1.84 bits per heavy atom. The molecule has 1 aliphatic heterocycles. The van der Waals surface area contributed by atoms with Crippen molar-refractivity contribution in [3.63, 3.8) is 0 Å². The van der Waals surface area contributed by atoms with Gasteiger partial charge in [-0.1, -0.05) is 11.6 Å². The van der Waals surface area contributed by atoms with Crippen LogP contribution < -0.4 is 0 Å². The molecule has 0 spiro atoms. The lowest BCUT2D eigenvalue weighted by atomic mass is 9.99. The fraction of sp³-hybridized carbons (Fsp3) is 0.714. The van der Waals surface area contributed by atoms with Crippen LogP contribution in [0.2, 0.25) is 0 Å². The maximum Gasteiger partial charge on any atom is 0.303 e. The minimum atomic E-state index is -1.81. The molecule has 0 aromatic carbocycles. The minimum Gasteiger partial charge on any atom is -0.463 e. The van der Waals surface area contributed by atoms with Gasteiger partial charge in [-0.25, -0.2) is 0 Å². The van der Waals surface area contributed by atoms with Crippen molar-refractivity contribution in [3.8, 4) is 0 Å². The van der Waals surface area contributed by atoms with Crippen LogP contribution in [0.4, 0.5) is 0 Å². The van der Waals surface area contributed by atoms with E-state index in [0.29, 0.717) is 0 Å². The molecule has 1 saturated heterocycles. The highest BCUT2D eigenvalue weighted by atomic mass is 79.9. The second-order valence-corrected chi connectivity index (χ2v) is 7.39. The van der Waals surface area contributed by atoms with Crippen LogP contribution in [0.1, 0.15) is 27.7 Å². The molecule has 1 aliphatic rings. The highest BCUT2D eigenvalue weighted by molar-refractivity contribution is 9.10. The Morgan fingerprint density at radius 2 is 1.40 bits per heavy atom. The number of alkyl halides is 2. The standard InChI is InChI=1S/C14H18BrClO9/c1-6(17)21-5-10-11(22-7(2)18)12(23-8(3)19)13(24-9(4)20)14(15,16)25-10/h10-13H,5H2,1-4H3/t10-,11-,12+,13+,14-/m1/s1. The summed E-state index contributed by atoms with van der Waals surface area (Å²) >= 11 is 9.27. The topological polar surface area (TPSA) is 114 Å². The van der Waals surface area contributed by atoms with E-state index in [2.05, 4.69) is 15.9 Å². The molecule has 0 unspecified atom stereocenters. The lowest BCUT2D eigenvalue weighted by Gasteiger charge is -2.46. The molecule has 0 N–H and O–H groups in total. The number of hydrogen-bond acceptors (Lipinski definition) is 9. The zero-order valence-electron chi connectivity index (χ0n) is 13.9. The van der Waals surface area contributed by atoms with Gasteiger partial charge in [0.15, 0.2) is 18.3 Å². The molecule has 0 saturated carbocycles. The summed E-state index contributed by atoms with van der Waals surface area (Å²) in [5.41, 5.74) is 0. The Labute approximate surface area is 157 Å². The van der Waals surface area contributed by atoms with Gasteiger partial charge >= 0.3 is 23.9 Å². The number of rotatable bonds is 5. The van der Waals surface area contributed by atoms with Gasteiger partial charge in [-0.15, -0.1) is 0 Å². The van der Waals surface area contributed by atoms with Gasteiger partial charge in [0.05, 0.1) is 0 Å². The van der Waals surface area contributed by atoms with Gasteiger partial charge in [0.2, 0.25) is 3.97 Å². The molecule has 1 fully saturated rings. The Hall–Kier alpha value is -1.39. The molecule has 0 radical (unpaired) electrons. The average molecular weight is 446 g/mol. The highest BCUT2D eigenvalue weighted by Crippen LogP contribution is 2.42. The van der Waals surface area contributed by atoms with E-state index in [1.165, 1.54) is 6.92 Å². The van der Waals surface area contributed by atoms with Gasteiger partial charge in [-0.3, -0.25) is 19.2 Å². The zero-order chi connectivity index (χ0) is 19.4. The fourth-order valence-electron chi connectivity index (χ4n) is 2.21. The van der Waals surface area contributed by atoms with Gasteiger partial charge < -0.3 is 23.7 Å². The predicted molar refractivity (Wildman–Crippen MR) is 85.7 cm³/mol. The normalized spacial score (nSPS) is 31.6. The van der Waals surface area contributed by atoms with Crippen LogP contribution in [0.5, 0.6) is 0 Å². The lowest BCUT2D eigenvalue weighted by molar-refractivity contribution is -0.244. The summed E-state index contributed by atoms with van der Waals surface area (Å²) in [6, 6.07) is 0. The Balaban J connectivity index is 3.24. The molecule has 0 amide bonds. The fourth-order valence-corrected chi connectivity index (χ4v) is 3.09. The van der Waals surface area contributed by atoms with E-state index in [9.17, 15) is 19.2 Å². The Bertz CT molecular complexity index is 550. The molecule has 5 atom stereocenters. The minimum absolute atomic E-state index is 0.335. The second-order valence-electron chi connectivity index (χ2n) is 5.20. The molecular formula is C14H18BrClO9. The first-order chi connectivity index (χ1) is 11.4. The maximum atomic E-state index is 11.5. The van der Waals surface area contributed by atoms with E-state index < -0.39 is 52.3 Å². The van der Waals surface area contributed by atoms with E-state index in [-0.39, 0.29) is 6.61 Å². The average Bonchev–Trinajstić information content (AvgIpc) is 2.42. The SMILES string of the molecule is CC(=O)OC[C@H]1O[C@@](Cl)(Br)[C@@H](OC(C)=O)[C@@H](OC(C)=O)[C@@H]1OC(C)=O. The summed E-state index contributed by atoms with van der Waals surface area (Å²) in [5, 5.41) is 0. The number of esters is 4. The molecule has 142 valence electrons. The zero-order valence-corrected chi connectivity index (χ0v) is 16.3. The van der Waals surface area contributed by atoms with Crippen molar-refractivity contribution in [2.45, 2.75) is 56.1 Å². The summed E-state index contributed by atoms with van der Waals surface area (Å²) in [6.45, 7) is 4.22. The van der Waals surface area contributed by atoms with Crippen molar-refractivity contribution < 1.29 is 42.9 Å². The molecule has 1 heterocycles. The van der Waals surface area contributed by atoms with Gasteiger partial charge in [-0.05, 0) is 15.9 Å². The van der Waals surface area contributed by atoms with Gasteiger partial charge in [0.1, 0.15) is 12.7 Å². The first-order valence-corrected chi connectivity index (χ1v) is 8.31. The van der Waals surface area contributed by atoms with Crippen molar-refractivity contribution >= 4 is 51.4 Å². The van der Waals surface area contributed by atoms with Crippen LogP contribution in [-0.2, 0) is 42.9 Å². The number of ether oxygens (including phenoxy) is 5.